The molecule has 1 rings (SSSR count). The quantitative estimate of drug-likeness (QED) is 0.623. The zero-order chi connectivity index (χ0) is 11.4. The molecule has 1 aliphatic heterocycles. The largest absolute Gasteiger partial charge is 0.490 e. The van der Waals surface area contributed by atoms with E-state index in [1.807, 2.05) is 0 Å². The van der Waals surface area contributed by atoms with Crippen LogP contribution in [0.3, 0.4) is 0 Å². The van der Waals surface area contributed by atoms with E-state index in [0.717, 1.165) is 0 Å². The summed E-state index contributed by atoms with van der Waals surface area (Å²) in [5.41, 5.74) is 4.68. The highest BCUT2D eigenvalue weighted by Gasteiger charge is 2.38. The van der Waals surface area contributed by atoms with Gasteiger partial charge in [-0.2, -0.15) is 13.2 Å². The summed E-state index contributed by atoms with van der Waals surface area (Å²) in [5, 5.41) is 7.12. The lowest BCUT2D eigenvalue weighted by Crippen LogP contribution is -2.59. The number of ether oxygens (including phenoxy) is 1. The van der Waals surface area contributed by atoms with Gasteiger partial charge in [0.1, 0.15) is 6.67 Å². The summed E-state index contributed by atoms with van der Waals surface area (Å²) in [6.45, 7) is 0.292. The van der Waals surface area contributed by atoms with Gasteiger partial charge in [0.15, 0.2) is 0 Å². The number of alkyl halides is 4. The van der Waals surface area contributed by atoms with Crippen molar-refractivity contribution in [1.82, 2.24) is 0 Å². The van der Waals surface area contributed by atoms with Gasteiger partial charge in [-0.25, -0.2) is 9.18 Å². The van der Waals surface area contributed by atoms with Gasteiger partial charge in [0, 0.05) is 0 Å². The van der Waals surface area contributed by atoms with Crippen LogP contribution in [0.5, 0.6) is 0 Å². The molecule has 0 atom stereocenters. The summed E-state index contributed by atoms with van der Waals surface area (Å²) in [7, 11) is 0. The predicted octanol–water partition coefficient (Wildman–Crippen LogP) is 0.317. The number of halogens is 4. The van der Waals surface area contributed by atoms with Crippen molar-refractivity contribution in [2.75, 3.05) is 19.9 Å². The average molecular weight is 219 g/mol. The van der Waals surface area contributed by atoms with Crippen molar-refractivity contribution >= 4 is 5.97 Å². The second kappa shape index (κ2) is 4.56. The standard InChI is InChI=1S/C4H8FNO.C2HF3O2/c5-1-4(6)2-7-3-4;3-2(4,5)1(6)7/h1-3,6H2;(H,6,7). The Balaban J connectivity index is 0.000000241. The summed E-state index contributed by atoms with van der Waals surface area (Å²) in [5.74, 6) is -2.76. The van der Waals surface area contributed by atoms with E-state index in [9.17, 15) is 17.6 Å². The molecule has 1 aliphatic rings. The number of hydrogen-bond acceptors (Lipinski definition) is 3. The molecule has 0 unspecified atom stereocenters. The average Bonchev–Trinajstić information content (AvgIpc) is 1.99. The molecule has 0 radical (unpaired) electrons. The first kappa shape index (κ1) is 13.1. The van der Waals surface area contributed by atoms with Gasteiger partial charge in [-0.1, -0.05) is 0 Å². The number of carboxylic acid groups (broad SMARTS) is 1. The molecule has 0 aromatic heterocycles. The molecule has 0 saturated carbocycles. The molecule has 0 amide bonds. The maximum Gasteiger partial charge on any atom is 0.490 e. The van der Waals surface area contributed by atoms with Crippen molar-refractivity contribution in [2.45, 2.75) is 11.7 Å². The van der Waals surface area contributed by atoms with Crippen LogP contribution in [0.4, 0.5) is 17.6 Å². The van der Waals surface area contributed by atoms with Crippen molar-refractivity contribution in [3.8, 4) is 0 Å². The maximum absolute atomic E-state index is 11.6. The zero-order valence-corrected chi connectivity index (χ0v) is 6.97. The Morgan fingerprint density at radius 3 is 1.86 bits per heavy atom. The Labute approximate surface area is 76.6 Å². The van der Waals surface area contributed by atoms with E-state index in [-0.39, 0.29) is 0 Å². The third-order valence-electron chi connectivity index (χ3n) is 1.29. The van der Waals surface area contributed by atoms with Crippen molar-refractivity contribution in [1.29, 1.82) is 0 Å². The van der Waals surface area contributed by atoms with Crippen LogP contribution in [0, 0.1) is 0 Å². The summed E-state index contributed by atoms with van der Waals surface area (Å²) < 4.78 is 48.0. The van der Waals surface area contributed by atoms with Gasteiger partial charge >= 0.3 is 12.1 Å². The third-order valence-corrected chi connectivity index (χ3v) is 1.29. The fraction of sp³-hybridized carbons (Fsp3) is 0.833. The van der Waals surface area contributed by atoms with E-state index in [1.54, 1.807) is 0 Å². The molecular formula is C6H9F4NO3. The predicted molar refractivity (Wildman–Crippen MR) is 37.4 cm³/mol. The molecular weight excluding hydrogens is 210 g/mol. The Morgan fingerprint density at radius 1 is 1.50 bits per heavy atom. The molecule has 14 heavy (non-hydrogen) atoms. The van der Waals surface area contributed by atoms with Crippen LogP contribution >= 0.6 is 0 Å². The summed E-state index contributed by atoms with van der Waals surface area (Å²) >= 11 is 0. The molecule has 1 saturated heterocycles. The minimum atomic E-state index is -5.08. The Morgan fingerprint density at radius 2 is 1.86 bits per heavy atom. The van der Waals surface area contributed by atoms with Crippen LogP contribution in [0.25, 0.3) is 0 Å². The molecule has 4 nitrogen and oxygen atoms in total. The van der Waals surface area contributed by atoms with Gasteiger partial charge in [0.2, 0.25) is 0 Å². The van der Waals surface area contributed by atoms with Gasteiger partial charge in [-0.3, -0.25) is 0 Å². The highest BCUT2D eigenvalue weighted by Crippen LogP contribution is 2.13. The summed E-state index contributed by atoms with van der Waals surface area (Å²) in [6, 6.07) is 0. The lowest BCUT2D eigenvalue weighted by Gasteiger charge is -2.34. The maximum atomic E-state index is 11.6. The van der Waals surface area contributed by atoms with Crippen LogP contribution in [0.2, 0.25) is 0 Å². The number of rotatable bonds is 1. The minimum Gasteiger partial charge on any atom is -0.475 e. The first-order chi connectivity index (χ1) is 6.21. The van der Waals surface area contributed by atoms with Crippen LogP contribution < -0.4 is 5.73 Å². The van der Waals surface area contributed by atoms with E-state index >= 15 is 0 Å². The molecule has 8 heteroatoms. The Kier molecular flexibility index (Phi) is 4.27. The molecule has 0 spiro atoms. The molecule has 0 aromatic carbocycles. The Bertz CT molecular complexity index is 196. The van der Waals surface area contributed by atoms with E-state index in [1.165, 1.54) is 0 Å². The molecule has 1 fully saturated rings. The minimum absolute atomic E-state index is 0.378. The number of aliphatic carboxylic acids is 1. The highest BCUT2D eigenvalue weighted by molar-refractivity contribution is 5.73. The van der Waals surface area contributed by atoms with Crippen LogP contribution in [-0.2, 0) is 9.53 Å². The smallest absolute Gasteiger partial charge is 0.475 e. The van der Waals surface area contributed by atoms with Crippen LogP contribution in [-0.4, -0.2) is 42.7 Å². The fourth-order valence-electron chi connectivity index (χ4n) is 0.441. The molecule has 3 N–H and O–H groups in total. The molecule has 0 aliphatic carbocycles. The van der Waals surface area contributed by atoms with Crippen molar-refractivity contribution in [2.24, 2.45) is 5.73 Å². The van der Waals surface area contributed by atoms with Crippen LogP contribution in [0.15, 0.2) is 0 Å². The van der Waals surface area contributed by atoms with Gasteiger partial charge in [0.25, 0.3) is 0 Å². The Hall–Kier alpha value is -0.890. The van der Waals surface area contributed by atoms with Gasteiger partial charge in [-0.05, 0) is 0 Å². The van der Waals surface area contributed by atoms with Gasteiger partial charge in [0.05, 0.1) is 18.8 Å². The summed E-state index contributed by atoms with van der Waals surface area (Å²) in [6.07, 6.45) is -5.08. The fourth-order valence-corrected chi connectivity index (χ4v) is 0.441. The second-order valence-electron chi connectivity index (χ2n) is 2.79. The lowest BCUT2D eigenvalue weighted by atomic mass is 10.0. The SMILES string of the molecule is NC1(CF)COC1.O=C(O)C(F)(F)F. The van der Waals surface area contributed by atoms with Gasteiger partial charge in [-0.15, -0.1) is 0 Å². The van der Waals surface area contributed by atoms with E-state index in [0.29, 0.717) is 13.2 Å². The summed E-state index contributed by atoms with van der Waals surface area (Å²) in [4.78, 5) is 8.90. The molecule has 1 heterocycles. The molecule has 0 aromatic rings. The number of hydrogen-bond donors (Lipinski definition) is 2. The number of nitrogens with two attached hydrogens (primary N) is 1. The van der Waals surface area contributed by atoms with Crippen molar-refractivity contribution in [3.63, 3.8) is 0 Å². The zero-order valence-electron chi connectivity index (χ0n) is 6.97. The first-order valence-corrected chi connectivity index (χ1v) is 3.44. The van der Waals surface area contributed by atoms with Crippen molar-refractivity contribution < 1.29 is 32.2 Å². The highest BCUT2D eigenvalue weighted by atomic mass is 19.4. The van der Waals surface area contributed by atoms with E-state index in [4.69, 9.17) is 15.6 Å². The first-order valence-electron chi connectivity index (χ1n) is 3.44. The normalized spacial score (nSPS) is 18.9. The van der Waals surface area contributed by atoms with Crippen molar-refractivity contribution in [3.05, 3.63) is 0 Å². The third kappa shape index (κ3) is 4.38. The van der Waals surface area contributed by atoms with E-state index in [2.05, 4.69) is 4.74 Å². The van der Waals surface area contributed by atoms with Gasteiger partial charge < -0.3 is 15.6 Å². The van der Waals surface area contributed by atoms with E-state index < -0.39 is 24.4 Å². The number of carbonyl (C=O) groups is 1. The molecule has 84 valence electrons. The monoisotopic (exact) mass is 219 g/mol. The molecule has 0 bridgehead atoms. The van der Waals surface area contributed by atoms with Crippen LogP contribution in [0.1, 0.15) is 0 Å². The lowest BCUT2D eigenvalue weighted by molar-refractivity contribution is -0.192. The topological polar surface area (TPSA) is 72.5 Å². The second-order valence-corrected chi connectivity index (χ2v) is 2.79. The number of carboxylic acids is 1.